The Morgan fingerprint density at radius 1 is 1.36 bits per heavy atom. The molecule has 72 valence electrons. The molecule has 0 aliphatic rings. The summed E-state index contributed by atoms with van der Waals surface area (Å²) in [7, 11) is 0. The van der Waals surface area contributed by atoms with E-state index in [1.807, 2.05) is 12.3 Å². The van der Waals surface area contributed by atoms with Gasteiger partial charge in [0.2, 0.25) is 0 Å². The van der Waals surface area contributed by atoms with Crippen molar-refractivity contribution in [3.63, 3.8) is 0 Å². The van der Waals surface area contributed by atoms with Crippen LogP contribution in [0, 0.1) is 0 Å². The average molecular weight is 383 g/mol. The number of hydrogen-bond acceptors (Lipinski definition) is 2. The van der Waals surface area contributed by atoms with Gasteiger partial charge < -0.3 is 15.8 Å². The van der Waals surface area contributed by atoms with E-state index in [9.17, 15) is 5.11 Å². The minimum atomic E-state index is 0. The molecule has 0 unspecified atom stereocenters. The van der Waals surface area contributed by atoms with E-state index in [1.54, 1.807) is 12.1 Å². The van der Waals surface area contributed by atoms with E-state index in [1.165, 1.54) is 0 Å². The van der Waals surface area contributed by atoms with Crippen LogP contribution in [0.2, 0.25) is 0 Å². The number of aromatic hydroxyl groups is 1. The summed E-state index contributed by atoms with van der Waals surface area (Å²) in [5.41, 5.74) is 7.68. The first-order chi connectivity index (χ1) is 6.31. The average Bonchev–Trinajstić information content (AvgIpc) is 2.49. The quantitative estimate of drug-likeness (QED) is 0.678. The molecule has 14 heavy (non-hydrogen) atoms. The van der Waals surface area contributed by atoms with E-state index in [0.717, 1.165) is 22.9 Å². The summed E-state index contributed by atoms with van der Waals surface area (Å²) >= 11 is 0. The molecule has 0 saturated heterocycles. The molecule has 0 saturated carbocycles. The monoisotopic (exact) mass is 384 g/mol. The molecule has 4 heteroatoms. The second kappa shape index (κ2) is 4.79. The van der Waals surface area contributed by atoms with Crippen LogP contribution >= 0.6 is 0 Å². The fourth-order valence-corrected chi connectivity index (χ4v) is 1.53. The van der Waals surface area contributed by atoms with Crippen molar-refractivity contribution in [3.8, 4) is 5.75 Å². The van der Waals surface area contributed by atoms with E-state index < -0.39 is 0 Å². The van der Waals surface area contributed by atoms with Crippen LogP contribution < -0.4 is 5.73 Å². The summed E-state index contributed by atoms with van der Waals surface area (Å²) in [5.74, 6) is 0.297. The van der Waals surface area contributed by atoms with Crippen LogP contribution in [0.15, 0.2) is 24.4 Å². The zero-order valence-corrected chi connectivity index (χ0v) is 11.6. The van der Waals surface area contributed by atoms with Gasteiger partial charge in [-0.05, 0) is 36.7 Å². The molecule has 0 bridgehead atoms. The summed E-state index contributed by atoms with van der Waals surface area (Å²) in [5, 5.41) is 10.4. The van der Waals surface area contributed by atoms with Crippen molar-refractivity contribution in [2.45, 2.75) is 6.42 Å². The van der Waals surface area contributed by atoms with E-state index in [-0.39, 0.29) is 27.3 Å². The number of phenols is 1. The van der Waals surface area contributed by atoms with Gasteiger partial charge >= 0.3 is 0 Å². The van der Waals surface area contributed by atoms with Gasteiger partial charge in [-0.25, -0.2) is 0 Å². The summed E-state index contributed by atoms with van der Waals surface area (Å²) in [6.07, 6.45) is 2.78. The third kappa shape index (κ3) is 2.09. The van der Waals surface area contributed by atoms with Gasteiger partial charge in [0.05, 0.1) is 0 Å². The maximum atomic E-state index is 9.30. The Bertz CT molecular complexity index is 425. The summed E-state index contributed by atoms with van der Waals surface area (Å²) in [6.45, 7) is 0.628. The molecule has 0 aliphatic carbocycles. The van der Waals surface area contributed by atoms with Crippen LogP contribution in [-0.2, 0) is 6.42 Å². The number of phenolic OH excluding ortho intramolecular Hbond substituents is 1. The second-order valence-corrected chi connectivity index (χ2v) is 3.08. The summed E-state index contributed by atoms with van der Waals surface area (Å²) in [6, 6.07) is 5.30. The molecule has 0 aliphatic heterocycles. The Kier molecular flexibility index (Phi) is 3.94. The van der Waals surface area contributed by atoms with E-state index >= 15 is 0 Å². The van der Waals surface area contributed by atoms with Crippen molar-refractivity contribution in [2.75, 3.05) is 6.54 Å². The standard InChI is InChI=1S/C10H12N2O.Pb/c11-4-3-7-6-12-10-2-1-8(13)5-9(7)10;/h1-2,5-6,12-13H,3-4,11H2;. The maximum absolute atomic E-state index is 9.30. The zero-order valence-electron chi connectivity index (χ0n) is 7.75. The van der Waals surface area contributed by atoms with Gasteiger partial charge in [-0.2, -0.15) is 0 Å². The molecule has 1 aromatic heterocycles. The van der Waals surface area contributed by atoms with Crippen molar-refractivity contribution in [2.24, 2.45) is 5.73 Å². The first-order valence-electron chi connectivity index (χ1n) is 4.30. The van der Waals surface area contributed by atoms with Gasteiger partial charge in [0.15, 0.2) is 0 Å². The third-order valence-electron chi connectivity index (χ3n) is 2.16. The number of aromatic nitrogens is 1. The Labute approximate surface area is 102 Å². The maximum Gasteiger partial charge on any atom is 0.116 e. The summed E-state index contributed by atoms with van der Waals surface area (Å²) in [4.78, 5) is 3.13. The molecule has 2 aromatic rings. The van der Waals surface area contributed by atoms with Crippen LogP contribution in [0.3, 0.4) is 0 Å². The van der Waals surface area contributed by atoms with Crippen molar-refractivity contribution < 1.29 is 5.11 Å². The van der Waals surface area contributed by atoms with Crippen LogP contribution in [-0.4, -0.2) is 43.9 Å². The van der Waals surface area contributed by atoms with Crippen LogP contribution in [0.1, 0.15) is 5.56 Å². The molecule has 4 N–H and O–H groups in total. The van der Waals surface area contributed by atoms with Gasteiger partial charge in [-0.1, -0.05) is 0 Å². The minimum absolute atomic E-state index is 0. The van der Waals surface area contributed by atoms with Crippen LogP contribution in [0.4, 0.5) is 0 Å². The van der Waals surface area contributed by atoms with Gasteiger partial charge in [0, 0.05) is 44.4 Å². The van der Waals surface area contributed by atoms with Crippen molar-refractivity contribution in [1.29, 1.82) is 0 Å². The molecule has 1 heterocycles. The Morgan fingerprint density at radius 2 is 2.14 bits per heavy atom. The normalized spacial score (nSPS) is 10.1. The molecular formula is C10H12N2OPb. The molecular weight excluding hydrogens is 371 g/mol. The molecule has 3 nitrogen and oxygen atoms in total. The Morgan fingerprint density at radius 3 is 2.86 bits per heavy atom. The molecule has 0 amide bonds. The van der Waals surface area contributed by atoms with Crippen LogP contribution in [0.25, 0.3) is 10.9 Å². The number of rotatable bonds is 2. The predicted octanol–water partition coefficient (Wildman–Crippen LogP) is 0.994. The summed E-state index contributed by atoms with van der Waals surface area (Å²) < 4.78 is 0. The first kappa shape index (κ1) is 11.5. The molecule has 2 rings (SSSR count). The molecule has 1 aromatic carbocycles. The molecule has 0 fully saturated rings. The molecule has 4 radical (unpaired) electrons. The number of fused-ring (bicyclic) bond motifs is 1. The SMILES string of the molecule is NCCc1c[nH]c2ccc(O)cc12.[Pb]. The number of H-pyrrole nitrogens is 1. The largest absolute Gasteiger partial charge is 0.508 e. The van der Waals surface area contributed by atoms with Crippen molar-refractivity contribution >= 4 is 38.2 Å². The fraction of sp³-hybridized carbons (Fsp3) is 0.200. The zero-order chi connectivity index (χ0) is 9.26. The number of nitrogens with two attached hydrogens (primary N) is 1. The number of benzene rings is 1. The first-order valence-corrected chi connectivity index (χ1v) is 4.30. The Hall–Kier alpha value is -0.558. The fourth-order valence-electron chi connectivity index (χ4n) is 1.53. The van der Waals surface area contributed by atoms with Gasteiger partial charge in [-0.3, -0.25) is 0 Å². The van der Waals surface area contributed by atoms with E-state index in [0.29, 0.717) is 12.3 Å². The predicted molar refractivity (Wildman–Crippen MR) is 58.5 cm³/mol. The van der Waals surface area contributed by atoms with Gasteiger partial charge in [0.25, 0.3) is 0 Å². The third-order valence-corrected chi connectivity index (χ3v) is 2.16. The molecule has 0 spiro atoms. The van der Waals surface area contributed by atoms with Crippen molar-refractivity contribution in [1.82, 2.24) is 4.98 Å². The van der Waals surface area contributed by atoms with Gasteiger partial charge in [0.1, 0.15) is 5.75 Å². The topological polar surface area (TPSA) is 62.0 Å². The minimum Gasteiger partial charge on any atom is -0.508 e. The van der Waals surface area contributed by atoms with E-state index in [4.69, 9.17) is 5.73 Å². The second-order valence-electron chi connectivity index (χ2n) is 3.08. The van der Waals surface area contributed by atoms with E-state index in [2.05, 4.69) is 4.98 Å². The van der Waals surface area contributed by atoms with Crippen molar-refractivity contribution in [3.05, 3.63) is 30.0 Å². The number of nitrogens with one attached hydrogen (secondary N) is 1. The number of hydrogen-bond donors (Lipinski definition) is 3. The molecule has 0 atom stereocenters. The smallest absolute Gasteiger partial charge is 0.116 e. The number of aromatic amines is 1. The van der Waals surface area contributed by atoms with Crippen LogP contribution in [0.5, 0.6) is 5.75 Å². The Balaban J connectivity index is 0.000000980. The van der Waals surface area contributed by atoms with Gasteiger partial charge in [-0.15, -0.1) is 0 Å².